The van der Waals surface area contributed by atoms with Gasteiger partial charge in [0.05, 0.1) is 18.0 Å². The summed E-state index contributed by atoms with van der Waals surface area (Å²) in [6, 6.07) is 10.4. The molecule has 1 aliphatic heterocycles. The van der Waals surface area contributed by atoms with Gasteiger partial charge in [-0.2, -0.15) is 5.10 Å². The molecule has 164 valence electrons. The number of nitrogen functional groups attached to an aromatic ring is 1. The van der Waals surface area contributed by atoms with E-state index in [0.717, 1.165) is 31.5 Å². The van der Waals surface area contributed by atoms with E-state index in [-0.39, 0.29) is 11.9 Å². The zero-order chi connectivity index (χ0) is 22.8. The van der Waals surface area contributed by atoms with Crippen molar-refractivity contribution >= 4 is 34.3 Å². The Balaban J connectivity index is 1.46. The first-order valence-electron chi connectivity index (χ1n) is 10.6. The summed E-state index contributed by atoms with van der Waals surface area (Å²) >= 11 is 0. The van der Waals surface area contributed by atoms with E-state index in [1.165, 1.54) is 18.6 Å². The first kappa shape index (κ1) is 20.5. The smallest absolute Gasteiger partial charge is 0.256 e. The maximum absolute atomic E-state index is 12.6. The van der Waals surface area contributed by atoms with Crippen LogP contribution in [0.3, 0.4) is 0 Å². The van der Waals surface area contributed by atoms with E-state index in [1.54, 1.807) is 18.2 Å². The van der Waals surface area contributed by atoms with Crippen LogP contribution in [-0.4, -0.2) is 43.7 Å². The van der Waals surface area contributed by atoms with Crippen molar-refractivity contribution in [1.82, 2.24) is 30.0 Å². The van der Waals surface area contributed by atoms with Gasteiger partial charge in [-0.1, -0.05) is 12.1 Å². The van der Waals surface area contributed by atoms with Gasteiger partial charge in [-0.05, 0) is 43.7 Å². The molecule has 4 N–H and O–H groups in total. The minimum atomic E-state index is -0.317. The van der Waals surface area contributed by atoms with Crippen LogP contribution < -0.4 is 16.4 Å². The van der Waals surface area contributed by atoms with E-state index >= 15 is 0 Å². The number of piperidine rings is 1. The standard InChI is InChI=1S/C23H21N9O/c1-25-16-8-10-27-18(11-16)30-23(33)15-6-4-14(5-7-15)20-19-21(24)28-13-29-22(19)32(31-20)17-3-2-9-26-12-17/h4-8,10-11,13,17,26H,2-3,9,12H2,(H2,24,28,29)(H,27,30,33)/t17-/m1/s1. The third kappa shape index (κ3) is 3.97. The first-order valence-corrected chi connectivity index (χ1v) is 10.6. The Hall–Kier alpha value is -4.36. The molecule has 0 bridgehead atoms. The van der Waals surface area contributed by atoms with Gasteiger partial charge in [0.25, 0.3) is 5.91 Å². The summed E-state index contributed by atoms with van der Waals surface area (Å²) in [6.45, 7) is 8.91. The minimum absolute atomic E-state index is 0.188. The van der Waals surface area contributed by atoms with Gasteiger partial charge in [-0.3, -0.25) is 4.79 Å². The van der Waals surface area contributed by atoms with Crippen LogP contribution in [0.25, 0.3) is 27.1 Å². The van der Waals surface area contributed by atoms with Crippen molar-refractivity contribution < 1.29 is 4.79 Å². The molecule has 1 aliphatic rings. The summed E-state index contributed by atoms with van der Waals surface area (Å²) in [5.41, 5.74) is 9.29. The Morgan fingerprint density at radius 2 is 2.06 bits per heavy atom. The maximum Gasteiger partial charge on any atom is 0.256 e. The normalized spacial score (nSPS) is 15.8. The second-order valence-electron chi connectivity index (χ2n) is 7.79. The summed E-state index contributed by atoms with van der Waals surface area (Å²) in [6.07, 6.45) is 5.02. The van der Waals surface area contributed by atoms with Crippen LogP contribution in [0, 0.1) is 6.57 Å². The molecule has 0 aliphatic carbocycles. The van der Waals surface area contributed by atoms with Crippen molar-refractivity contribution in [3.63, 3.8) is 0 Å². The van der Waals surface area contributed by atoms with Gasteiger partial charge in [-0.25, -0.2) is 24.5 Å². The zero-order valence-corrected chi connectivity index (χ0v) is 17.7. The Bertz CT molecular complexity index is 1370. The molecule has 10 heteroatoms. The summed E-state index contributed by atoms with van der Waals surface area (Å²) in [5.74, 6) is 0.383. The fourth-order valence-electron chi connectivity index (χ4n) is 4.02. The van der Waals surface area contributed by atoms with Crippen molar-refractivity contribution in [2.24, 2.45) is 0 Å². The number of aromatic nitrogens is 5. The Morgan fingerprint density at radius 1 is 1.21 bits per heavy atom. The number of benzene rings is 1. The van der Waals surface area contributed by atoms with Crippen molar-refractivity contribution in [3.8, 4) is 11.3 Å². The number of nitrogens with one attached hydrogen (secondary N) is 2. The molecule has 0 radical (unpaired) electrons. The number of fused-ring (bicyclic) bond motifs is 1. The van der Waals surface area contributed by atoms with Crippen LogP contribution in [0.1, 0.15) is 29.2 Å². The molecule has 3 aromatic heterocycles. The molecule has 4 aromatic rings. The summed E-state index contributed by atoms with van der Waals surface area (Å²) in [4.78, 5) is 28.7. The largest absolute Gasteiger partial charge is 0.383 e. The molecule has 5 rings (SSSR count). The SMILES string of the molecule is [C-]#[N+]c1ccnc(NC(=O)c2ccc(-c3nn([C@@H]4CCCNC4)c4ncnc(N)c34)cc2)c1. The fourth-order valence-corrected chi connectivity index (χ4v) is 4.02. The van der Waals surface area contributed by atoms with Crippen LogP contribution in [-0.2, 0) is 0 Å². The number of hydrogen-bond donors (Lipinski definition) is 3. The molecule has 1 atom stereocenters. The number of hydrogen-bond acceptors (Lipinski definition) is 7. The zero-order valence-electron chi connectivity index (χ0n) is 17.7. The van der Waals surface area contributed by atoms with Crippen LogP contribution >= 0.6 is 0 Å². The van der Waals surface area contributed by atoms with Crippen molar-refractivity contribution in [2.45, 2.75) is 18.9 Å². The predicted molar refractivity (Wildman–Crippen MR) is 125 cm³/mol. The van der Waals surface area contributed by atoms with Gasteiger partial charge in [0.15, 0.2) is 11.3 Å². The quantitative estimate of drug-likeness (QED) is 0.417. The third-order valence-corrected chi connectivity index (χ3v) is 5.67. The number of nitrogens with zero attached hydrogens (tertiary/aromatic N) is 6. The molecule has 1 saturated heterocycles. The van der Waals surface area contributed by atoms with Crippen molar-refractivity contribution in [2.75, 3.05) is 24.1 Å². The van der Waals surface area contributed by atoms with Crippen LogP contribution in [0.5, 0.6) is 0 Å². The molecular weight excluding hydrogens is 418 g/mol. The topological polar surface area (TPSA) is 128 Å². The van der Waals surface area contributed by atoms with E-state index in [0.29, 0.717) is 39.6 Å². The molecule has 4 heterocycles. The highest BCUT2D eigenvalue weighted by Crippen LogP contribution is 2.33. The molecule has 1 aromatic carbocycles. The molecule has 0 unspecified atom stereocenters. The molecule has 0 spiro atoms. The second kappa shape index (κ2) is 8.64. The predicted octanol–water partition coefficient (Wildman–Crippen LogP) is 3.20. The van der Waals surface area contributed by atoms with Gasteiger partial charge in [-0.15, -0.1) is 0 Å². The van der Waals surface area contributed by atoms with E-state index in [4.69, 9.17) is 17.4 Å². The van der Waals surface area contributed by atoms with Crippen LogP contribution in [0.4, 0.5) is 17.3 Å². The Labute approximate surface area is 189 Å². The van der Waals surface area contributed by atoms with Gasteiger partial charge >= 0.3 is 0 Å². The maximum atomic E-state index is 12.6. The number of carbonyl (C=O) groups is 1. The molecule has 1 fully saturated rings. The summed E-state index contributed by atoms with van der Waals surface area (Å²) in [5, 5.41) is 11.7. The van der Waals surface area contributed by atoms with Crippen LogP contribution in [0.2, 0.25) is 0 Å². The lowest BCUT2D eigenvalue weighted by atomic mass is 10.1. The van der Waals surface area contributed by atoms with Gasteiger partial charge in [0, 0.05) is 23.9 Å². The number of pyridine rings is 1. The highest BCUT2D eigenvalue weighted by atomic mass is 16.1. The lowest BCUT2D eigenvalue weighted by molar-refractivity contribution is 0.102. The number of carbonyl (C=O) groups excluding carboxylic acids is 1. The molecular formula is C23H21N9O. The second-order valence-corrected chi connectivity index (χ2v) is 7.79. The lowest BCUT2D eigenvalue weighted by Crippen LogP contribution is -2.32. The molecule has 10 nitrogen and oxygen atoms in total. The van der Waals surface area contributed by atoms with Crippen molar-refractivity contribution in [3.05, 3.63) is 65.9 Å². The fraction of sp³-hybridized carbons (Fsp3) is 0.217. The lowest BCUT2D eigenvalue weighted by Gasteiger charge is -2.23. The minimum Gasteiger partial charge on any atom is -0.383 e. The van der Waals surface area contributed by atoms with E-state index in [1.807, 2.05) is 16.8 Å². The molecule has 1 amide bonds. The average molecular weight is 439 g/mol. The van der Waals surface area contributed by atoms with Crippen molar-refractivity contribution in [1.29, 1.82) is 0 Å². The Morgan fingerprint density at radius 3 is 2.82 bits per heavy atom. The number of rotatable bonds is 4. The number of anilines is 2. The Kier molecular flexibility index (Phi) is 5.38. The van der Waals surface area contributed by atoms with Gasteiger partial charge in [0.2, 0.25) is 0 Å². The summed E-state index contributed by atoms with van der Waals surface area (Å²) in [7, 11) is 0. The third-order valence-electron chi connectivity index (χ3n) is 5.67. The van der Waals surface area contributed by atoms with E-state index in [9.17, 15) is 4.79 Å². The number of amides is 1. The van der Waals surface area contributed by atoms with Gasteiger partial charge in [0.1, 0.15) is 23.7 Å². The first-order chi connectivity index (χ1) is 16.1. The number of nitrogens with two attached hydrogens (primary N) is 1. The monoisotopic (exact) mass is 439 g/mol. The average Bonchev–Trinajstić information content (AvgIpc) is 3.26. The molecule has 33 heavy (non-hydrogen) atoms. The highest BCUT2D eigenvalue weighted by Gasteiger charge is 2.23. The van der Waals surface area contributed by atoms with E-state index in [2.05, 4.69) is 30.4 Å². The van der Waals surface area contributed by atoms with Gasteiger partial charge < -0.3 is 16.4 Å². The highest BCUT2D eigenvalue weighted by molar-refractivity contribution is 6.04. The molecule has 0 saturated carbocycles. The van der Waals surface area contributed by atoms with E-state index < -0.39 is 0 Å². The van der Waals surface area contributed by atoms with Crippen LogP contribution in [0.15, 0.2) is 48.9 Å². The summed E-state index contributed by atoms with van der Waals surface area (Å²) < 4.78 is 1.94.